The SMILES string of the molecule is Cc1cc(O)c(CNCCOCCO)cc1C. The molecule has 0 radical (unpaired) electrons. The number of rotatable bonds is 7. The summed E-state index contributed by atoms with van der Waals surface area (Å²) in [5.74, 6) is 0.330. The monoisotopic (exact) mass is 239 g/mol. The van der Waals surface area contributed by atoms with E-state index in [4.69, 9.17) is 9.84 Å². The molecule has 1 aromatic rings. The normalized spacial score (nSPS) is 10.8. The molecule has 0 fully saturated rings. The fraction of sp³-hybridized carbons (Fsp3) is 0.538. The van der Waals surface area contributed by atoms with Gasteiger partial charge in [-0.1, -0.05) is 6.07 Å². The molecule has 1 aromatic carbocycles. The van der Waals surface area contributed by atoms with Crippen LogP contribution in [0.15, 0.2) is 12.1 Å². The Morgan fingerprint density at radius 2 is 1.88 bits per heavy atom. The van der Waals surface area contributed by atoms with Crippen LogP contribution in [0.25, 0.3) is 0 Å². The van der Waals surface area contributed by atoms with E-state index in [1.807, 2.05) is 19.9 Å². The van der Waals surface area contributed by atoms with Gasteiger partial charge >= 0.3 is 0 Å². The third-order valence-electron chi connectivity index (χ3n) is 2.67. The molecule has 0 amide bonds. The van der Waals surface area contributed by atoms with Crippen LogP contribution in [0.2, 0.25) is 0 Å². The smallest absolute Gasteiger partial charge is 0.120 e. The summed E-state index contributed by atoms with van der Waals surface area (Å²) in [5.41, 5.74) is 3.17. The summed E-state index contributed by atoms with van der Waals surface area (Å²) < 4.78 is 5.12. The second-order valence-electron chi connectivity index (χ2n) is 4.08. The molecule has 17 heavy (non-hydrogen) atoms. The minimum atomic E-state index is 0.0535. The van der Waals surface area contributed by atoms with Crippen molar-refractivity contribution in [3.8, 4) is 5.75 Å². The van der Waals surface area contributed by atoms with Gasteiger partial charge in [0.05, 0.1) is 19.8 Å². The Balaban J connectivity index is 2.34. The minimum Gasteiger partial charge on any atom is -0.508 e. The van der Waals surface area contributed by atoms with Crippen molar-refractivity contribution in [3.05, 3.63) is 28.8 Å². The molecule has 0 aliphatic rings. The van der Waals surface area contributed by atoms with Crippen LogP contribution in [0.3, 0.4) is 0 Å². The quantitative estimate of drug-likeness (QED) is 0.624. The van der Waals surface area contributed by atoms with Crippen molar-refractivity contribution in [2.45, 2.75) is 20.4 Å². The highest BCUT2D eigenvalue weighted by atomic mass is 16.5. The van der Waals surface area contributed by atoms with Gasteiger partial charge in [-0.05, 0) is 31.0 Å². The molecule has 0 bridgehead atoms. The lowest BCUT2D eigenvalue weighted by Crippen LogP contribution is -2.20. The van der Waals surface area contributed by atoms with Gasteiger partial charge in [0.1, 0.15) is 5.75 Å². The summed E-state index contributed by atoms with van der Waals surface area (Å²) in [4.78, 5) is 0. The van der Waals surface area contributed by atoms with Crippen LogP contribution < -0.4 is 5.32 Å². The standard InChI is InChI=1S/C13H21NO3/c1-10-7-12(13(16)8-11(10)2)9-14-3-5-17-6-4-15/h7-8,14-16H,3-6,9H2,1-2H3. The van der Waals surface area contributed by atoms with E-state index in [1.54, 1.807) is 6.07 Å². The Morgan fingerprint density at radius 3 is 2.59 bits per heavy atom. The molecule has 1 rings (SSSR count). The maximum absolute atomic E-state index is 9.75. The Labute approximate surface area is 102 Å². The summed E-state index contributed by atoms with van der Waals surface area (Å²) in [7, 11) is 0. The van der Waals surface area contributed by atoms with Crippen LogP contribution in [0, 0.1) is 13.8 Å². The first-order valence-electron chi connectivity index (χ1n) is 5.83. The highest BCUT2D eigenvalue weighted by Crippen LogP contribution is 2.21. The second-order valence-corrected chi connectivity index (χ2v) is 4.08. The van der Waals surface area contributed by atoms with Gasteiger partial charge in [0.15, 0.2) is 0 Å². The number of ether oxygens (including phenoxy) is 1. The average Bonchev–Trinajstić information content (AvgIpc) is 2.30. The fourth-order valence-electron chi connectivity index (χ4n) is 1.54. The molecule has 0 unspecified atom stereocenters. The number of phenols is 1. The first-order valence-corrected chi connectivity index (χ1v) is 5.83. The second kappa shape index (κ2) is 7.27. The summed E-state index contributed by atoms with van der Waals surface area (Å²) >= 11 is 0. The minimum absolute atomic E-state index is 0.0535. The molecule has 0 aliphatic heterocycles. The van der Waals surface area contributed by atoms with Gasteiger partial charge in [0.25, 0.3) is 0 Å². The summed E-state index contributed by atoms with van der Waals surface area (Å²) in [5, 5.41) is 21.4. The van der Waals surface area contributed by atoms with E-state index in [9.17, 15) is 5.11 Å². The first kappa shape index (κ1) is 14.0. The third-order valence-corrected chi connectivity index (χ3v) is 2.67. The molecule has 0 atom stereocenters. The molecular weight excluding hydrogens is 218 g/mol. The highest BCUT2D eigenvalue weighted by molar-refractivity contribution is 5.40. The molecular formula is C13H21NO3. The first-order chi connectivity index (χ1) is 8.15. The van der Waals surface area contributed by atoms with Crippen molar-refractivity contribution >= 4 is 0 Å². The number of aromatic hydroxyl groups is 1. The van der Waals surface area contributed by atoms with E-state index in [0.29, 0.717) is 32.1 Å². The predicted molar refractivity (Wildman–Crippen MR) is 67.2 cm³/mol. The van der Waals surface area contributed by atoms with Gasteiger partial charge in [-0.25, -0.2) is 0 Å². The van der Waals surface area contributed by atoms with Crippen molar-refractivity contribution in [2.75, 3.05) is 26.4 Å². The summed E-state index contributed by atoms with van der Waals surface area (Å²) in [6.45, 7) is 6.32. The van der Waals surface area contributed by atoms with E-state index < -0.39 is 0 Å². The van der Waals surface area contributed by atoms with Crippen molar-refractivity contribution in [1.82, 2.24) is 5.32 Å². The Hall–Kier alpha value is -1.10. The number of phenolic OH excluding ortho intramolecular Hbond substituents is 1. The molecule has 4 nitrogen and oxygen atoms in total. The van der Waals surface area contributed by atoms with Gasteiger partial charge in [0, 0.05) is 18.7 Å². The molecule has 0 saturated heterocycles. The Bertz CT molecular complexity index is 353. The van der Waals surface area contributed by atoms with Gasteiger partial charge in [0.2, 0.25) is 0 Å². The van der Waals surface area contributed by atoms with Crippen LogP contribution in [0.4, 0.5) is 0 Å². The van der Waals surface area contributed by atoms with Crippen LogP contribution in [-0.2, 0) is 11.3 Å². The van der Waals surface area contributed by atoms with Crippen molar-refractivity contribution in [2.24, 2.45) is 0 Å². The zero-order valence-corrected chi connectivity index (χ0v) is 10.5. The topological polar surface area (TPSA) is 61.7 Å². The number of hydrogen-bond acceptors (Lipinski definition) is 4. The fourth-order valence-corrected chi connectivity index (χ4v) is 1.54. The number of aryl methyl sites for hydroxylation is 2. The maximum Gasteiger partial charge on any atom is 0.120 e. The zero-order valence-electron chi connectivity index (χ0n) is 10.5. The van der Waals surface area contributed by atoms with Crippen LogP contribution >= 0.6 is 0 Å². The van der Waals surface area contributed by atoms with E-state index in [-0.39, 0.29) is 6.61 Å². The number of nitrogens with one attached hydrogen (secondary N) is 1. The number of aliphatic hydroxyl groups excluding tert-OH is 1. The Morgan fingerprint density at radius 1 is 1.18 bits per heavy atom. The molecule has 4 heteroatoms. The lowest BCUT2D eigenvalue weighted by molar-refractivity contribution is 0.0938. The molecule has 0 aromatic heterocycles. The lowest BCUT2D eigenvalue weighted by Gasteiger charge is -2.10. The van der Waals surface area contributed by atoms with Gasteiger partial charge < -0.3 is 20.3 Å². The molecule has 0 saturated carbocycles. The van der Waals surface area contributed by atoms with Gasteiger partial charge in [-0.15, -0.1) is 0 Å². The summed E-state index contributed by atoms with van der Waals surface area (Å²) in [6, 6.07) is 3.78. The van der Waals surface area contributed by atoms with Crippen molar-refractivity contribution in [1.29, 1.82) is 0 Å². The maximum atomic E-state index is 9.75. The number of aliphatic hydroxyl groups is 1. The van der Waals surface area contributed by atoms with Crippen molar-refractivity contribution < 1.29 is 14.9 Å². The highest BCUT2D eigenvalue weighted by Gasteiger charge is 2.03. The third kappa shape index (κ3) is 4.73. The van der Waals surface area contributed by atoms with Crippen LogP contribution in [0.5, 0.6) is 5.75 Å². The zero-order chi connectivity index (χ0) is 12.7. The van der Waals surface area contributed by atoms with Crippen molar-refractivity contribution in [3.63, 3.8) is 0 Å². The average molecular weight is 239 g/mol. The van der Waals surface area contributed by atoms with Crippen LogP contribution in [-0.4, -0.2) is 36.6 Å². The molecule has 0 spiro atoms. The molecule has 0 heterocycles. The van der Waals surface area contributed by atoms with E-state index in [2.05, 4.69) is 5.32 Å². The van der Waals surface area contributed by atoms with E-state index in [0.717, 1.165) is 11.1 Å². The van der Waals surface area contributed by atoms with E-state index in [1.165, 1.54) is 5.56 Å². The van der Waals surface area contributed by atoms with Gasteiger partial charge in [-0.2, -0.15) is 0 Å². The largest absolute Gasteiger partial charge is 0.508 e. The number of benzene rings is 1. The van der Waals surface area contributed by atoms with E-state index >= 15 is 0 Å². The molecule has 3 N–H and O–H groups in total. The lowest BCUT2D eigenvalue weighted by atomic mass is 10.1. The van der Waals surface area contributed by atoms with Crippen LogP contribution in [0.1, 0.15) is 16.7 Å². The molecule has 96 valence electrons. The predicted octanol–water partition coefficient (Wildman–Crippen LogP) is 1.11. The molecule has 0 aliphatic carbocycles. The number of hydrogen-bond donors (Lipinski definition) is 3. The summed E-state index contributed by atoms with van der Waals surface area (Å²) in [6.07, 6.45) is 0. The Kier molecular flexibility index (Phi) is 5.97. The van der Waals surface area contributed by atoms with Gasteiger partial charge in [-0.3, -0.25) is 0 Å².